The summed E-state index contributed by atoms with van der Waals surface area (Å²) in [6.45, 7) is 2.52. The highest BCUT2D eigenvalue weighted by atomic mass is 32.1. The van der Waals surface area contributed by atoms with Crippen molar-refractivity contribution >= 4 is 11.3 Å². The van der Waals surface area contributed by atoms with Gasteiger partial charge in [-0.15, -0.1) is 11.3 Å². The van der Waals surface area contributed by atoms with E-state index in [9.17, 15) is 4.39 Å². The van der Waals surface area contributed by atoms with E-state index in [-0.39, 0.29) is 18.2 Å². The zero-order valence-corrected chi connectivity index (χ0v) is 10.3. The number of aromatic nitrogens is 1. The minimum atomic E-state index is -0.389. The van der Waals surface area contributed by atoms with Crippen LogP contribution in [0.4, 0.5) is 4.39 Å². The first-order chi connectivity index (χ1) is 8.19. The van der Waals surface area contributed by atoms with Crippen molar-refractivity contribution in [3.8, 4) is 5.75 Å². The highest BCUT2D eigenvalue weighted by Gasteiger charge is 2.05. The molecule has 0 saturated heterocycles. The number of halogens is 1. The summed E-state index contributed by atoms with van der Waals surface area (Å²) in [5.41, 5.74) is 6.98. The van der Waals surface area contributed by atoms with Crippen LogP contribution in [0, 0.1) is 12.7 Å². The fraction of sp³-hybridized carbons (Fsp3) is 0.250. The van der Waals surface area contributed by atoms with Gasteiger partial charge in [-0.2, -0.15) is 0 Å². The molecule has 2 aromatic rings. The number of hydrogen-bond donors (Lipinski definition) is 1. The molecule has 17 heavy (non-hydrogen) atoms. The lowest BCUT2D eigenvalue weighted by Crippen LogP contribution is -2.00. The molecule has 90 valence electrons. The third-order valence-electron chi connectivity index (χ3n) is 2.27. The van der Waals surface area contributed by atoms with E-state index in [2.05, 4.69) is 4.98 Å². The average Bonchev–Trinajstić information content (AvgIpc) is 2.73. The summed E-state index contributed by atoms with van der Waals surface area (Å²) in [6.07, 6.45) is 0. The standard InChI is InChI=1S/C12H13FN2OS/c1-8-15-10(7-17-8)6-16-12-3-2-9(5-14)4-11(12)13/h2-4,7H,5-6,14H2,1H3. The Morgan fingerprint density at radius 1 is 1.47 bits per heavy atom. The van der Waals surface area contributed by atoms with Crippen LogP contribution in [0.1, 0.15) is 16.3 Å². The molecule has 0 bridgehead atoms. The predicted molar refractivity (Wildman–Crippen MR) is 65.5 cm³/mol. The number of nitrogens with two attached hydrogens (primary N) is 1. The Morgan fingerprint density at radius 2 is 2.29 bits per heavy atom. The van der Waals surface area contributed by atoms with Crippen molar-refractivity contribution in [2.45, 2.75) is 20.1 Å². The smallest absolute Gasteiger partial charge is 0.165 e. The monoisotopic (exact) mass is 252 g/mol. The molecule has 0 unspecified atom stereocenters. The van der Waals surface area contributed by atoms with Gasteiger partial charge in [0.15, 0.2) is 11.6 Å². The van der Waals surface area contributed by atoms with Gasteiger partial charge in [0.1, 0.15) is 6.61 Å². The van der Waals surface area contributed by atoms with Gasteiger partial charge in [-0.25, -0.2) is 9.37 Å². The second kappa shape index (κ2) is 5.25. The molecule has 0 radical (unpaired) electrons. The second-order valence-corrected chi connectivity index (χ2v) is 4.68. The zero-order valence-electron chi connectivity index (χ0n) is 9.44. The Morgan fingerprint density at radius 3 is 2.88 bits per heavy atom. The van der Waals surface area contributed by atoms with Crippen molar-refractivity contribution in [1.82, 2.24) is 4.98 Å². The van der Waals surface area contributed by atoms with Crippen molar-refractivity contribution in [2.75, 3.05) is 0 Å². The number of benzene rings is 1. The SMILES string of the molecule is Cc1nc(COc2ccc(CN)cc2F)cs1. The highest BCUT2D eigenvalue weighted by molar-refractivity contribution is 7.09. The van der Waals surface area contributed by atoms with Crippen LogP contribution in [0.15, 0.2) is 23.6 Å². The van der Waals surface area contributed by atoms with Gasteiger partial charge in [-0.05, 0) is 24.6 Å². The van der Waals surface area contributed by atoms with Crippen LogP contribution in [0.5, 0.6) is 5.75 Å². The maximum atomic E-state index is 13.5. The predicted octanol–water partition coefficient (Wildman–Crippen LogP) is 2.63. The van der Waals surface area contributed by atoms with E-state index in [1.807, 2.05) is 12.3 Å². The molecule has 0 spiro atoms. The van der Waals surface area contributed by atoms with Crippen LogP contribution >= 0.6 is 11.3 Å². The van der Waals surface area contributed by atoms with E-state index in [1.54, 1.807) is 23.5 Å². The van der Waals surface area contributed by atoms with Crippen LogP contribution in [0.2, 0.25) is 0 Å². The maximum Gasteiger partial charge on any atom is 0.165 e. The summed E-state index contributed by atoms with van der Waals surface area (Å²) >= 11 is 1.55. The second-order valence-electron chi connectivity index (χ2n) is 3.62. The topological polar surface area (TPSA) is 48.1 Å². The molecule has 5 heteroatoms. The van der Waals surface area contributed by atoms with E-state index in [0.717, 1.165) is 16.3 Å². The van der Waals surface area contributed by atoms with Gasteiger partial charge in [0.2, 0.25) is 0 Å². The normalized spacial score (nSPS) is 10.5. The van der Waals surface area contributed by atoms with Gasteiger partial charge in [0, 0.05) is 11.9 Å². The minimum Gasteiger partial charge on any atom is -0.484 e. The average molecular weight is 252 g/mol. The summed E-state index contributed by atoms with van der Waals surface area (Å²) in [5.74, 6) is -0.159. The first kappa shape index (κ1) is 12.0. The molecule has 0 aliphatic heterocycles. The molecule has 0 atom stereocenters. The molecule has 0 fully saturated rings. The van der Waals surface area contributed by atoms with Crippen LogP contribution < -0.4 is 10.5 Å². The highest BCUT2D eigenvalue weighted by Crippen LogP contribution is 2.19. The van der Waals surface area contributed by atoms with Crippen molar-refractivity contribution in [2.24, 2.45) is 5.73 Å². The van der Waals surface area contributed by atoms with Crippen LogP contribution in [-0.4, -0.2) is 4.98 Å². The van der Waals surface area contributed by atoms with E-state index in [4.69, 9.17) is 10.5 Å². The summed E-state index contributed by atoms with van der Waals surface area (Å²) < 4.78 is 18.9. The molecule has 0 saturated carbocycles. The molecule has 0 aliphatic carbocycles. The fourth-order valence-electron chi connectivity index (χ4n) is 1.41. The number of nitrogens with zero attached hydrogens (tertiary/aromatic N) is 1. The third kappa shape index (κ3) is 3.01. The maximum absolute atomic E-state index is 13.5. The molecule has 2 N–H and O–H groups in total. The minimum absolute atomic E-state index is 0.229. The molecule has 0 amide bonds. The van der Waals surface area contributed by atoms with E-state index in [0.29, 0.717) is 6.54 Å². The number of rotatable bonds is 4. The third-order valence-corrected chi connectivity index (χ3v) is 3.10. The van der Waals surface area contributed by atoms with Gasteiger partial charge < -0.3 is 10.5 Å². The lowest BCUT2D eigenvalue weighted by Gasteiger charge is -2.06. The first-order valence-electron chi connectivity index (χ1n) is 5.21. The molecule has 1 aromatic carbocycles. The first-order valence-corrected chi connectivity index (χ1v) is 6.09. The molecule has 3 nitrogen and oxygen atoms in total. The Bertz CT molecular complexity index is 513. The molecule has 1 heterocycles. The van der Waals surface area contributed by atoms with Crippen molar-refractivity contribution < 1.29 is 9.13 Å². The van der Waals surface area contributed by atoms with Crippen LogP contribution in [0.25, 0.3) is 0 Å². The van der Waals surface area contributed by atoms with Gasteiger partial charge in [0.05, 0.1) is 10.7 Å². The number of aryl methyl sites for hydroxylation is 1. The quantitative estimate of drug-likeness (QED) is 0.910. The summed E-state index contributed by atoms with van der Waals surface area (Å²) in [6, 6.07) is 4.74. The van der Waals surface area contributed by atoms with E-state index in [1.165, 1.54) is 6.07 Å². The molecular formula is C12H13FN2OS. The number of thiazole rings is 1. The Labute approximate surface area is 103 Å². The zero-order chi connectivity index (χ0) is 12.3. The molecule has 0 aliphatic rings. The largest absolute Gasteiger partial charge is 0.484 e. The van der Waals surface area contributed by atoms with Crippen LogP contribution in [-0.2, 0) is 13.2 Å². The fourth-order valence-corrected chi connectivity index (χ4v) is 2.01. The molecular weight excluding hydrogens is 239 g/mol. The van der Waals surface area contributed by atoms with Gasteiger partial charge in [0.25, 0.3) is 0 Å². The summed E-state index contributed by atoms with van der Waals surface area (Å²) in [4.78, 5) is 4.24. The summed E-state index contributed by atoms with van der Waals surface area (Å²) in [7, 11) is 0. The lowest BCUT2D eigenvalue weighted by molar-refractivity contribution is 0.286. The van der Waals surface area contributed by atoms with Crippen molar-refractivity contribution in [3.05, 3.63) is 45.7 Å². The Balaban J connectivity index is 2.04. The number of hydrogen-bond acceptors (Lipinski definition) is 4. The molecule has 1 aromatic heterocycles. The Kier molecular flexibility index (Phi) is 3.71. The van der Waals surface area contributed by atoms with Crippen molar-refractivity contribution in [3.63, 3.8) is 0 Å². The number of ether oxygens (including phenoxy) is 1. The van der Waals surface area contributed by atoms with E-state index < -0.39 is 0 Å². The Hall–Kier alpha value is -1.46. The van der Waals surface area contributed by atoms with Gasteiger partial charge >= 0.3 is 0 Å². The van der Waals surface area contributed by atoms with Gasteiger partial charge in [-0.3, -0.25) is 0 Å². The van der Waals surface area contributed by atoms with E-state index >= 15 is 0 Å². The summed E-state index contributed by atoms with van der Waals surface area (Å²) in [5, 5.41) is 2.88. The van der Waals surface area contributed by atoms with Gasteiger partial charge in [-0.1, -0.05) is 6.07 Å². The van der Waals surface area contributed by atoms with Crippen LogP contribution in [0.3, 0.4) is 0 Å². The lowest BCUT2D eigenvalue weighted by atomic mass is 10.2. The van der Waals surface area contributed by atoms with Crippen molar-refractivity contribution in [1.29, 1.82) is 0 Å². The molecule has 2 rings (SSSR count).